The second-order valence-electron chi connectivity index (χ2n) is 4.90. The van der Waals surface area contributed by atoms with Gasteiger partial charge in [-0.05, 0) is 30.7 Å². The third-order valence-corrected chi connectivity index (χ3v) is 4.77. The summed E-state index contributed by atoms with van der Waals surface area (Å²) in [6, 6.07) is 5.60. The number of hydrogen-bond acceptors (Lipinski definition) is 4. The zero-order valence-corrected chi connectivity index (χ0v) is 14.3. The molecule has 1 aromatic heterocycles. The molecule has 2 rings (SSSR count). The molecule has 6 nitrogen and oxygen atoms in total. The molecule has 0 aliphatic heterocycles. The number of carbonyl (C=O) groups is 1. The molecule has 0 radical (unpaired) electrons. The van der Waals surface area contributed by atoms with Crippen LogP contribution in [-0.4, -0.2) is 25.1 Å². The second kappa shape index (κ2) is 7.59. The summed E-state index contributed by atoms with van der Waals surface area (Å²) in [4.78, 5) is 16.1. The number of amides is 1. The third-order valence-electron chi connectivity index (χ3n) is 2.98. The third kappa shape index (κ3) is 4.42. The molecule has 0 atom stereocenters. The van der Waals surface area contributed by atoms with Crippen LogP contribution in [-0.2, 0) is 10.0 Å². The Kier molecular flexibility index (Phi) is 5.74. The standard InChI is InChI=1S/C15H15ClFN3O3S/c1-2-8-24(22,23)20-12-6-5-11(16)13(14(12)17)15(21)19-10-4-3-7-18-9-10/h3-7,9,20H,2,8H2,1H3,(H,19,21). The van der Waals surface area contributed by atoms with Crippen molar-refractivity contribution in [3.05, 3.63) is 53.1 Å². The Morgan fingerprint density at radius 3 is 2.71 bits per heavy atom. The Bertz CT molecular complexity index is 845. The number of nitrogens with one attached hydrogen (secondary N) is 2. The molecular formula is C15H15ClFN3O3S. The number of benzene rings is 1. The second-order valence-corrected chi connectivity index (χ2v) is 7.15. The van der Waals surface area contributed by atoms with Crippen LogP contribution in [0.5, 0.6) is 0 Å². The predicted molar refractivity (Wildman–Crippen MR) is 91.3 cm³/mol. The van der Waals surface area contributed by atoms with Crippen LogP contribution in [0.2, 0.25) is 5.02 Å². The molecule has 0 aliphatic rings. The predicted octanol–water partition coefficient (Wildman–Crippen LogP) is 3.28. The monoisotopic (exact) mass is 371 g/mol. The number of hydrogen-bond donors (Lipinski definition) is 2. The number of carbonyl (C=O) groups excluding carboxylic acids is 1. The molecule has 9 heteroatoms. The van der Waals surface area contributed by atoms with Gasteiger partial charge in [-0.2, -0.15) is 0 Å². The van der Waals surface area contributed by atoms with E-state index in [0.717, 1.165) is 0 Å². The average Bonchev–Trinajstić information content (AvgIpc) is 2.51. The van der Waals surface area contributed by atoms with E-state index in [4.69, 9.17) is 11.6 Å². The van der Waals surface area contributed by atoms with Crippen LogP contribution in [0.1, 0.15) is 23.7 Å². The minimum Gasteiger partial charge on any atom is -0.320 e. The van der Waals surface area contributed by atoms with Gasteiger partial charge in [0.25, 0.3) is 5.91 Å². The van der Waals surface area contributed by atoms with Gasteiger partial charge in [0.1, 0.15) is 0 Å². The topological polar surface area (TPSA) is 88.2 Å². The molecule has 2 aromatic rings. The summed E-state index contributed by atoms with van der Waals surface area (Å²) in [6.07, 6.45) is 3.28. The van der Waals surface area contributed by atoms with Gasteiger partial charge in [0.05, 0.1) is 33.9 Å². The highest BCUT2D eigenvalue weighted by atomic mass is 35.5. The molecule has 0 unspecified atom stereocenters. The first-order chi connectivity index (χ1) is 11.3. The van der Waals surface area contributed by atoms with E-state index < -0.39 is 27.3 Å². The molecular weight excluding hydrogens is 357 g/mol. The van der Waals surface area contributed by atoms with Crippen LogP contribution in [0.15, 0.2) is 36.7 Å². The minimum absolute atomic E-state index is 0.132. The number of aromatic nitrogens is 1. The van der Waals surface area contributed by atoms with E-state index in [0.29, 0.717) is 12.1 Å². The molecule has 2 N–H and O–H groups in total. The zero-order valence-electron chi connectivity index (χ0n) is 12.7. The molecule has 0 spiro atoms. The molecule has 0 saturated carbocycles. The van der Waals surface area contributed by atoms with Gasteiger partial charge < -0.3 is 5.32 Å². The van der Waals surface area contributed by atoms with E-state index in [-0.39, 0.29) is 16.5 Å². The highest BCUT2D eigenvalue weighted by molar-refractivity contribution is 7.92. The molecule has 0 fully saturated rings. The summed E-state index contributed by atoms with van der Waals surface area (Å²) in [6.45, 7) is 1.68. The Balaban J connectivity index is 2.33. The fourth-order valence-electron chi connectivity index (χ4n) is 1.96. The van der Waals surface area contributed by atoms with Crippen molar-refractivity contribution in [3.63, 3.8) is 0 Å². The summed E-state index contributed by atoms with van der Waals surface area (Å²) < 4.78 is 40.3. The lowest BCUT2D eigenvalue weighted by Gasteiger charge is -2.12. The summed E-state index contributed by atoms with van der Waals surface area (Å²) in [5.41, 5.74) is -0.420. The fraction of sp³-hybridized carbons (Fsp3) is 0.200. The van der Waals surface area contributed by atoms with E-state index in [2.05, 4.69) is 15.0 Å². The SMILES string of the molecule is CCCS(=O)(=O)Nc1ccc(Cl)c(C(=O)Nc2cccnc2)c1F. The van der Waals surface area contributed by atoms with Gasteiger partial charge >= 0.3 is 0 Å². The zero-order chi connectivity index (χ0) is 17.7. The Hall–Kier alpha value is -2.19. The smallest absolute Gasteiger partial charge is 0.260 e. The molecule has 1 aromatic carbocycles. The van der Waals surface area contributed by atoms with Gasteiger partial charge in [0.2, 0.25) is 10.0 Å². The summed E-state index contributed by atoms with van der Waals surface area (Å²) in [5.74, 6) is -2.00. The number of nitrogens with zero attached hydrogens (tertiary/aromatic N) is 1. The van der Waals surface area contributed by atoms with Gasteiger partial charge in [-0.15, -0.1) is 0 Å². The lowest BCUT2D eigenvalue weighted by molar-refractivity contribution is 0.102. The van der Waals surface area contributed by atoms with Crippen molar-refractivity contribution in [2.45, 2.75) is 13.3 Å². The first-order valence-electron chi connectivity index (χ1n) is 7.04. The van der Waals surface area contributed by atoms with Gasteiger partial charge in [0.15, 0.2) is 5.82 Å². The minimum atomic E-state index is -3.70. The average molecular weight is 372 g/mol. The van der Waals surface area contributed by atoms with Crippen molar-refractivity contribution in [1.29, 1.82) is 0 Å². The first kappa shape index (κ1) is 18.2. The summed E-state index contributed by atoms with van der Waals surface area (Å²) in [7, 11) is -3.70. The molecule has 128 valence electrons. The molecule has 0 saturated heterocycles. The van der Waals surface area contributed by atoms with E-state index in [9.17, 15) is 17.6 Å². The van der Waals surface area contributed by atoms with Crippen LogP contribution in [0, 0.1) is 5.82 Å². The summed E-state index contributed by atoms with van der Waals surface area (Å²) in [5, 5.41) is 2.32. The van der Waals surface area contributed by atoms with Crippen molar-refractivity contribution < 1.29 is 17.6 Å². The number of halogens is 2. The highest BCUT2D eigenvalue weighted by Crippen LogP contribution is 2.27. The van der Waals surface area contributed by atoms with Crippen LogP contribution < -0.4 is 10.0 Å². The van der Waals surface area contributed by atoms with Crippen molar-refractivity contribution in [2.24, 2.45) is 0 Å². The van der Waals surface area contributed by atoms with E-state index in [1.807, 2.05) is 0 Å². The van der Waals surface area contributed by atoms with Crippen LogP contribution >= 0.6 is 11.6 Å². The lowest BCUT2D eigenvalue weighted by Crippen LogP contribution is -2.20. The van der Waals surface area contributed by atoms with E-state index in [1.165, 1.54) is 24.5 Å². The molecule has 0 aliphatic carbocycles. The van der Waals surface area contributed by atoms with Gasteiger partial charge in [-0.1, -0.05) is 18.5 Å². The van der Waals surface area contributed by atoms with Crippen molar-refractivity contribution >= 4 is 38.9 Å². The van der Waals surface area contributed by atoms with Gasteiger partial charge in [-0.25, -0.2) is 12.8 Å². The van der Waals surface area contributed by atoms with Crippen molar-refractivity contribution in [3.8, 4) is 0 Å². The first-order valence-corrected chi connectivity index (χ1v) is 9.07. The Labute approximate surface area is 144 Å². The maximum Gasteiger partial charge on any atom is 0.260 e. The van der Waals surface area contributed by atoms with Crippen molar-refractivity contribution in [2.75, 3.05) is 15.8 Å². The van der Waals surface area contributed by atoms with E-state index in [1.54, 1.807) is 19.1 Å². The van der Waals surface area contributed by atoms with Crippen LogP contribution in [0.3, 0.4) is 0 Å². The lowest BCUT2D eigenvalue weighted by atomic mass is 10.1. The Morgan fingerprint density at radius 1 is 1.33 bits per heavy atom. The Morgan fingerprint density at radius 2 is 2.08 bits per heavy atom. The van der Waals surface area contributed by atoms with E-state index >= 15 is 0 Å². The highest BCUT2D eigenvalue weighted by Gasteiger charge is 2.22. The van der Waals surface area contributed by atoms with Crippen LogP contribution in [0.25, 0.3) is 0 Å². The maximum atomic E-state index is 14.6. The largest absolute Gasteiger partial charge is 0.320 e. The summed E-state index contributed by atoms with van der Waals surface area (Å²) >= 11 is 5.90. The van der Waals surface area contributed by atoms with Crippen LogP contribution in [0.4, 0.5) is 15.8 Å². The molecule has 1 heterocycles. The molecule has 1 amide bonds. The molecule has 24 heavy (non-hydrogen) atoms. The van der Waals surface area contributed by atoms with Gasteiger partial charge in [-0.3, -0.25) is 14.5 Å². The normalized spacial score (nSPS) is 11.1. The quantitative estimate of drug-likeness (QED) is 0.815. The number of rotatable bonds is 6. The number of anilines is 2. The fourth-order valence-corrected chi connectivity index (χ4v) is 3.32. The molecule has 0 bridgehead atoms. The number of pyridine rings is 1. The van der Waals surface area contributed by atoms with Gasteiger partial charge in [0, 0.05) is 6.20 Å². The maximum absolute atomic E-state index is 14.6. The number of sulfonamides is 1. The van der Waals surface area contributed by atoms with Crippen molar-refractivity contribution in [1.82, 2.24) is 4.98 Å².